The molecule has 4 fully saturated rings. The third-order valence-electron chi connectivity index (χ3n) is 12.0. The highest BCUT2D eigenvalue weighted by molar-refractivity contribution is 7.90. The third-order valence-corrected chi connectivity index (χ3v) is 13.0. The first kappa shape index (κ1) is 28.4. The van der Waals surface area contributed by atoms with Crippen LogP contribution in [0.3, 0.4) is 0 Å². The molecule has 4 unspecified atom stereocenters. The van der Waals surface area contributed by atoms with E-state index in [1.807, 2.05) is 6.92 Å². The molecule has 0 radical (unpaired) electrons. The van der Waals surface area contributed by atoms with E-state index in [2.05, 4.69) is 33.0 Å². The summed E-state index contributed by atoms with van der Waals surface area (Å²) in [6, 6.07) is 0. The number of aliphatic hydroxyl groups is 1. The molecule has 4 aliphatic rings. The van der Waals surface area contributed by atoms with Gasteiger partial charge < -0.3 is 10.4 Å². The van der Waals surface area contributed by atoms with Gasteiger partial charge in [0.1, 0.15) is 9.84 Å². The molecule has 2 N–H and O–H groups in total. The molecule has 0 heterocycles. The zero-order valence-electron chi connectivity index (χ0n) is 23.8. The highest BCUT2D eigenvalue weighted by Crippen LogP contribution is 2.69. The Labute approximate surface area is 220 Å². The lowest BCUT2D eigenvalue weighted by Crippen LogP contribution is -2.56. The Morgan fingerprint density at radius 2 is 1.67 bits per heavy atom. The minimum atomic E-state index is -3.06. The molecule has 4 saturated carbocycles. The Balaban J connectivity index is 1.43. The summed E-state index contributed by atoms with van der Waals surface area (Å²) in [4.78, 5) is 12.7. The second-order valence-electron chi connectivity index (χ2n) is 14.1. The maximum absolute atomic E-state index is 12.7. The Hall–Kier alpha value is -0.620. The number of amides is 1. The minimum Gasteiger partial charge on any atom is -0.393 e. The summed E-state index contributed by atoms with van der Waals surface area (Å²) >= 11 is 0. The number of sulfone groups is 1. The highest BCUT2D eigenvalue weighted by atomic mass is 32.2. The summed E-state index contributed by atoms with van der Waals surface area (Å²) in [5.74, 6) is 4.92. The fourth-order valence-electron chi connectivity index (χ4n) is 10.3. The highest BCUT2D eigenvalue weighted by Gasteiger charge is 2.62. The standard InChI is InChI=1S/C30H53NO4S/c1-7-21-17-23-25-9-8-24(19(2)16-20(3)28(33)31-14-15-36(6,34)35)29(25,4)13-11-26(23)30(5)12-10-22(32)18-27(21)30/h19-27,32H,7-18H2,1-6H3,(H,31,33)/t19-,20+,21+,22-,23?,24-,25?,26?,27?,29-,30-/m1/s1. The fraction of sp³-hybridized carbons (Fsp3) is 0.967. The summed E-state index contributed by atoms with van der Waals surface area (Å²) in [6.07, 6.45) is 13.1. The Kier molecular flexibility index (Phi) is 8.29. The number of hydrogen-bond acceptors (Lipinski definition) is 4. The topological polar surface area (TPSA) is 83.5 Å². The number of hydrogen-bond donors (Lipinski definition) is 2. The molecule has 0 aliphatic heterocycles. The van der Waals surface area contributed by atoms with Gasteiger partial charge in [-0.2, -0.15) is 0 Å². The molecule has 11 atom stereocenters. The quantitative estimate of drug-likeness (QED) is 0.442. The molecule has 4 rings (SSSR count). The van der Waals surface area contributed by atoms with E-state index >= 15 is 0 Å². The van der Waals surface area contributed by atoms with Crippen LogP contribution in [0, 0.1) is 58.2 Å². The largest absolute Gasteiger partial charge is 0.393 e. The Morgan fingerprint density at radius 3 is 2.33 bits per heavy atom. The molecule has 1 amide bonds. The number of aliphatic hydroxyl groups excluding tert-OH is 1. The first-order valence-electron chi connectivity index (χ1n) is 14.9. The number of carbonyl (C=O) groups is 1. The van der Waals surface area contributed by atoms with E-state index in [9.17, 15) is 18.3 Å². The van der Waals surface area contributed by atoms with Crippen LogP contribution in [0.5, 0.6) is 0 Å². The van der Waals surface area contributed by atoms with E-state index in [-0.39, 0.29) is 30.2 Å². The number of fused-ring (bicyclic) bond motifs is 5. The molecule has 0 spiro atoms. The summed E-state index contributed by atoms with van der Waals surface area (Å²) < 4.78 is 22.8. The summed E-state index contributed by atoms with van der Waals surface area (Å²) in [5.41, 5.74) is 0.759. The normalized spacial score (nSPS) is 44.1. The number of nitrogens with one attached hydrogen (secondary N) is 1. The maximum Gasteiger partial charge on any atom is 0.222 e. The van der Waals surface area contributed by atoms with E-state index in [0.29, 0.717) is 28.6 Å². The predicted octanol–water partition coefficient (Wildman–Crippen LogP) is 5.47. The van der Waals surface area contributed by atoms with Gasteiger partial charge in [0, 0.05) is 18.7 Å². The summed E-state index contributed by atoms with van der Waals surface area (Å²) in [5, 5.41) is 13.3. The van der Waals surface area contributed by atoms with Crippen LogP contribution in [0.2, 0.25) is 0 Å². The van der Waals surface area contributed by atoms with E-state index < -0.39 is 9.84 Å². The number of rotatable bonds is 8. The first-order chi connectivity index (χ1) is 16.8. The molecule has 0 aromatic carbocycles. The third kappa shape index (κ3) is 5.28. The van der Waals surface area contributed by atoms with Crippen molar-refractivity contribution in [2.24, 2.45) is 58.2 Å². The van der Waals surface area contributed by atoms with Gasteiger partial charge in [-0.3, -0.25) is 4.79 Å². The van der Waals surface area contributed by atoms with Crippen molar-refractivity contribution in [2.45, 2.75) is 105 Å². The van der Waals surface area contributed by atoms with Crippen LogP contribution in [-0.2, 0) is 14.6 Å². The van der Waals surface area contributed by atoms with Crippen LogP contribution in [0.4, 0.5) is 0 Å². The molecule has 0 saturated heterocycles. The van der Waals surface area contributed by atoms with E-state index in [4.69, 9.17) is 0 Å². The van der Waals surface area contributed by atoms with Crippen molar-refractivity contribution in [1.29, 1.82) is 0 Å². The van der Waals surface area contributed by atoms with E-state index in [1.54, 1.807) is 0 Å². The second kappa shape index (κ2) is 10.5. The maximum atomic E-state index is 12.7. The van der Waals surface area contributed by atoms with Crippen LogP contribution < -0.4 is 5.32 Å². The summed E-state index contributed by atoms with van der Waals surface area (Å²) in [7, 11) is -3.06. The van der Waals surface area contributed by atoms with Crippen LogP contribution in [0.1, 0.15) is 98.8 Å². The van der Waals surface area contributed by atoms with Gasteiger partial charge in [-0.1, -0.05) is 41.0 Å². The molecule has 36 heavy (non-hydrogen) atoms. The van der Waals surface area contributed by atoms with Gasteiger partial charge in [-0.25, -0.2) is 8.42 Å². The van der Waals surface area contributed by atoms with E-state index in [0.717, 1.165) is 42.9 Å². The molecule has 4 aliphatic carbocycles. The van der Waals surface area contributed by atoms with Gasteiger partial charge in [0.15, 0.2) is 0 Å². The molecule has 0 bridgehead atoms. The zero-order chi connectivity index (χ0) is 26.5. The monoisotopic (exact) mass is 523 g/mol. The van der Waals surface area contributed by atoms with Crippen LogP contribution in [0.25, 0.3) is 0 Å². The van der Waals surface area contributed by atoms with Crippen molar-refractivity contribution in [2.75, 3.05) is 18.6 Å². The van der Waals surface area contributed by atoms with Gasteiger partial charge in [0.25, 0.3) is 0 Å². The Bertz CT molecular complexity index is 905. The van der Waals surface area contributed by atoms with Crippen molar-refractivity contribution in [3.8, 4) is 0 Å². The SMILES string of the molecule is CC[C@H]1CC2C(CC[C@@]3(C)C2CC[C@@H]3[C@H](C)C[C@H](C)C(=O)NCCS(C)(=O)=O)[C@@]2(C)CC[C@@H](O)CC12. The molecular weight excluding hydrogens is 470 g/mol. The van der Waals surface area contributed by atoms with Crippen LogP contribution >= 0.6 is 0 Å². The van der Waals surface area contributed by atoms with Gasteiger partial charge in [-0.05, 0) is 110 Å². The van der Waals surface area contributed by atoms with Gasteiger partial charge in [-0.15, -0.1) is 0 Å². The van der Waals surface area contributed by atoms with Crippen LogP contribution in [0.15, 0.2) is 0 Å². The molecule has 6 heteroatoms. The zero-order valence-corrected chi connectivity index (χ0v) is 24.6. The number of carbonyl (C=O) groups excluding carboxylic acids is 1. The summed E-state index contributed by atoms with van der Waals surface area (Å²) in [6.45, 7) is 12.1. The van der Waals surface area contributed by atoms with Crippen molar-refractivity contribution < 1.29 is 18.3 Å². The molecule has 208 valence electrons. The van der Waals surface area contributed by atoms with Gasteiger partial charge >= 0.3 is 0 Å². The fourth-order valence-corrected chi connectivity index (χ4v) is 10.7. The van der Waals surface area contributed by atoms with Crippen LogP contribution in [-0.4, -0.2) is 44.1 Å². The lowest BCUT2D eigenvalue weighted by Gasteiger charge is -2.63. The van der Waals surface area contributed by atoms with Crippen molar-refractivity contribution in [1.82, 2.24) is 5.32 Å². The van der Waals surface area contributed by atoms with E-state index in [1.165, 1.54) is 51.2 Å². The molecular formula is C30H53NO4S. The average Bonchev–Trinajstić information content (AvgIpc) is 3.15. The average molecular weight is 524 g/mol. The van der Waals surface area contributed by atoms with Crippen molar-refractivity contribution in [3.05, 3.63) is 0 Å². The predicted molar refractivity (Wildman–Crippen MR) is 146 cm³/mol. The first-order valence-corrected chi connectivity index (χ1v) is 17.0. The lowest BCUT2D eigenvalue weighted by atomic mass is 9.42. The molecule has 0 aromatic rings. The lowest BCUT2D eigenvalue weighted by molar-refractivity contribution is -0.152. The van der Waals surface area contributed by atoms with Gasteiger partial charge in [0.2, 0.25) is 5.91 Å². The van der Waals surface area contributed by atoms with Gasteiger partial charge in [0.05, 0.1) is 11.9 Å². The molecule has 0 aromatic heterocycles. The smallest absolute Gasteiger partial charge is 0.222 e. The molecule has 5 nitrogen and oxygen atoms in total. The second-order valence-corrected chi connectivity index (χ2v) is 16.3. The van der Waals surface area contributed by atoms with Crippen molar-refractivity contribution in [3.63, 3.8) is 0 Å². The minimum absolute atomic E-state index is 0.00341. The van der Waals surface area contributed by atoms with Crippen molar-refractivity contribution >= 4 is 15.7 Å². The Morgan fingerprint density at radius 1 is 1.00 bits per heavy atom.